The molecule has 41 heavy (non-hydrogen) atoms. The second-order valence-corrected chi connectivity index (χ2v) is 12.3. The Bertz CT molecular complexity index is 1230. The number of hydrogen-bond donors (Lipinski definition) is 2. The molecule has 2 aliphatic heterocycles. The topological polar surface area (TPSA) is 87.5 Å². The van der Waals surface area contributed by atoms with Gasteiger partial charge in [-0.25, -0.2) is 0 Å². The molecule has 1 amide bonds. The van der Waals surface area contributed by atoms with E-state index in [1.54, 1.807) is 11.3 Å². The number of nitrogens with one attached hydrogen (secondary N) is 2. The molecule has 5 rings (SSSR count). The fourth-order valence-electron chi connectivity index (χ4n) is 6.07. The van der Waals surface area contributed by atoms with Crippen molar-refractivity contribution >= 4 is 28.1 Å². The number of anilines is 2. The van der Waals surface area contributed by atoms with Gasteiger partial charge in [0.15, 0.2) is 0 Å². The van der Waals surface area contributed by atoms with Gasteiger partial charge >= 0.3 is 0 Å². The van der Waals surface area contributed by atoms with Gasteiger partial charge in [-0.05, 0) is 89.3 Å². The number of carbonyl (C=O) groups excluding carboxylic acids is 1. The molecule has 2 aromatic heterocycles. The molecular weight excluding hydrogens is 534 g/mol. The molecule has 0 unspecified atom stereocenters. The van der Waals surface area contributed by atoms with Crippen molar-refractivity contribution in [2.75, 3.05) is 43.0 Å². The summed E-state index contributed by atoms with van der Waals surface area (Å²) in [6.07, 6.45) is 8.67. The molecule has 222 valence electrons. The quantitative estimate of drug-likeness (QED) is 0.281. The lowest BCUT2D eigenvalue weighted by Crippen LogP contribution is -2.45. The van der Waals surface area contributed by atoms with E-state index in [1.165, 1.54) is 19.3 Å². The molecule has 9 nitrogen and oxygen atoms in total. The van der Waals surface area contributed by atoms with E-state index in [2.05, 4.69) is 55.1 Å². The normalized spacial score (nSPS) is 20.2. The van der Waals surface area contributed by atoms with Crippen molar-refractivity contribution in [2.24, 2.45) is 5.92 Å². The number of hydrogen-bond acceptors (Lipinski definition) is 8. The first-order valence-electron chi connectivity index (χ1n) is 15.3. The Morgan fingerprint density at radius 1 is 1.02 bits per heavy atom. The maximum Gasteiger partial charge on any atom is 0.223 e. The number of ether oxygens (including phenoxy) is 1. The minimum absolute atomic E-state index is 0.0798. The minimum Gasteiger partial charge on any atom is -0.494 e. The van der Waals surface area contributed by atoms with E-state index in [9.17, 15) is 4.79 Å². The summed E-state index contributed by atoms with van der Waals surface area (Å²) >= 11 is 1.60. The SMILES string of the molecule is CCOc1ccc(NCc2cccn2-c2nnc(N3CCC(C(=O)NCCCN4[C@H](C)CCC[C@H]4C)CC3)s2)cc1. The van der Waals surface area contributed by atoms with Crippen LogP contribution in [0.15, 0.2) is 42.6 Å². The van der Waals surface area contributed by atoms with Crippen LogP contribution >= 0.6 is 11.3 Å². The minimum atomic E-state index is 0.0798. The molecule has 2 atom stereocenters. The van der Waals surface area contributed by atoms with E-state index in [4.69, 9.17) is 4.74 Å². The molecule has 1 aromatic carbocycles. The molecular formula is C31H45N7O2S. The highest BCUT2D eigenvalue weighted by Gasteiger charge is 2.27. The first-order chi connectivity index (χ1) is 20.0. The number of carbonyl (C=O) groups is 1. The third-order valence-corrected chi connectivity index (χ3v) is 9.47. The Hall–Kier alpha value is -3.11. The number of aromatic nitrogens is 3. The fourth-order valence-corrected chi connectivity index (χ4v) is 6.99. The average Bonchev–Trinajstić information content (AvgIpc) is 3.66. The molecule has 0 saturated carbocycles. The highest BCUT2D eigenvalue weighted by atomic mass is 32.1. The van der Waals surface area contributed by atoms with Crippen molar-refractivity contribution in [3.63, 3.8) is 0 Å². The Kier molecular flexibility index (Phi) is 10.2. The fraction of sp³-hybridized carbons (Fsp3) is 0.581. The Morgan fingerprint density at radius 2 is 1.76 bits per heavy atom. The third-order valence-electron chi connectivity index (χ3n) is 8.49. The lowest BCUT2D eigenvalue weighted by atomic mass is 9.96. The summed E-state index contributed by atoms with van der Waals surface area (Å²) in [5.74, 6) is 1.16. The van der Waals surface area contributed by atoms with E-state index >= 15 is 0 Å². The maximum atomic E-state index is 12.8. The smallest absolute Gasteiger partial charge is 0.223 e. The molecule has 2 aliphatic rings. The lowest BCUT2D eigenvalue weighted by Gasteiger charge is -2.39. The van der Waals surface area contributed by atoms with Crippen LogP contribution in [0.2, 0.25) is 0 Å². The van der Waals surface area contributed by atoms with Crippen LogP contribution in [0.4, 0.5) is 10.8 Å². The van der Waals surface area contributed by atoms with Gasteiger partial charge in [0.05, 0.1) is 13.2 Å². The van der Waals surface area contributed by atoms with E-state index in [1.807, 2.05) is 43.5 Å². The highest BCUT2D eigenvalue weighted by Crippen LogP contribution is 2.29. The molecule has 0 spiro atoms. The van der Waals surface area contributed by atoms with Gasteiger partial charge in [-0.2, -0.15) is 0 Å². The van der Waals surface area contributed by atoms with E-state index in [0.29, 0.717) is 25.2 Å². The Balaban J connectivity index is 1.06. The number of amides is 1. The van der Waals surface area contributed by atoms with Crippen LogP contribution in [0.5, 0.6) is 5.75 Å². The zero-order valence-electron chi connectivity index (χ0n) is 24.7. The number of piperidine rings is 2. The second kappa shape index (κ2) is 14.2. The summed E-state index contributed by atoms with van der Waals surface area (Å²) < 4.78 is 7.62. The largest absolute Gasteiger partial charge is 0.494 e. The van der Waals surface area contributed by atoms with Crippen LogP contribution in [-0.4, -0.2) is 70.4 Å². The van der Waals surface area contributed by atoms with Crippen molar-refractivity contribution in [2.45, 2.75) is 77.9 Å². The third kappa shape index (κ3) is 7.60. The van der Waals surface area contributed by atoms with Gasteiger partial charge in [0, 0.05) is 61.8 Å². The molecule has 10 heteroatoms. The molecule has 2 fully saturated rings. The van der Waals surface area contributed by atoms with Gasteiger partial charge < -0.3 is 20.3 Å². The van der Waals surface area contributed by atoms with E-state index in [-0.39, 0.29) is 11.8 Å². The lowest BCUT2D eigenvalue weighted by molar-refractivity contribution is -0.125. The van der Waals surface area contributed by atoms with Crippen molar-refractivity contribution in [3.8, 4) is 10.9 Å². The molecule has 0 aliphatic carbocycles. The first-order valence-corrected chi connectivity index (χ1v) is 16.1. The van der Waals surface area contributed by atoms with Gasteiger partial charge in [-0.15, -0.1) is 10.2 Å². The summed E-state index contributed by atoms with van der Waals surface area (Å²) in [4.78, 5) is 17.7. The first kappa shape index (κ1) is 29.4. The van der Waals surface area contributed by atoms with Crippen LogP contribution in [0, 0.1) is 5.92 Å². The Labute approximate surface area is 248 Å². The van der Waals surface area contributed by atoms with Crippen molar-refractivity contribution in [1.82, 2.24) is 25.0 Å². The standard InChI is InChI=1S/C31H45N7O2S/c1-4-40-28-13-11-26(12-14-28)33-22-27-10-6-18-38(27)31-35-34-30(41-31)36-20-15-25(16-21-36)29(39)32-17-7-19-37-23(2)8-5-9-24(37)3/h6,10-14,18,23-25,33H,4-5,7-9,15-17,19-22H2,1-3H3,(H,32,39)/t23-,24-/m1/s1. The van der Waals surface area contributed by atoms with Gasteiger partial charge in [0.1, 0.15) is 5.75 Å². The average molecular weight is 580 g/mol. The molecule has 3 aromatic rings. The summed E-state index contributed by atoms with van der Waals surface area (Å²) in [6.45, 7) is 11.5. The highest BCUT2D eigenvalue weighted by molar-refractivity contribution is 7.17. The maximum absolute atomic E-state index is 12.8. The predicted molar refractivity (Wildman–Crippen MR) is 166 cm³/mol. The second-order valence-electron chi connectivity index (χ2n) is 11.3. The number of benzene rings is 1. The zero-order chi connectivity index (χ0) is 28.6. The summed E-state index contributed by atoms with van der Waals surface area (Å²) in [6, 6.07) is 13.5. The molecule has 0 radical (unpaired) electrons. The van der Waals surface area contributed by atoms with Crippen LogP contribution in [0.1, 0.15) is 65.0 Å². The zero-order valence-corrected chi connectivity index (χ0v) is 25.5. The van der Waals surface area contributed by atoms with Crippen LogP contribution < -0.4 is 20.3 Å². The monoisotopic (exact) mass is 579 g/mol. The van der Waals surface area contributed by atoms with E-state index < -0.39 is 0 Å². The van der Waals surface area contributed by atoms with Gasteiger partial charge in [0.2, 0.25) is 16.2 Å². The molecule has 2 N–H and O–H groups in total. The van der Waals surface area contributed by atoms with Crippen LogP contribution in [0.3, 0.4) is 0 Å². The van der Waals surface area contributed by atoms with Gasteiger partial charge in [0.25, 0.3) is 0 Å². The molecule has 4 heterocycles. The molecule has 2 saturated heterocycles. The summed E-state index contributed by atoms with van der Waals surface area (Å²) in [5, 5.41) is 17.5. The van der Waals surface area contributed by atoms with Crippen molar-refractivity contribution in [3.05, 3.63) is 48.3 Å². The van der Waals surface area contributed by atoms with Crippen LogP contribution in [-0.2, 0) is 11.3 Å². The number of nitrogens with zero attached hydrogens (tertiary/aromatic N) is 5. The predicted octanol–water partition coefficient (Wildman–Crippen LogP) is 5.33. The Morgan fingerprint density at radius 3 is 2.49 bits per heavy atom. The van der Waals surface area contributed by atoms with E-state index in [0.717, 1.165) is 72.8 Å². The van der Waals surface area contributed by atoms with Crippen LogP contribution in [0.25, 0.3) is 5.13 Å². The summed E-state index contributed by atoms with van der Waals surface area (Å²) in [5.41, 5.74) is 2.15. The van der Waals surface area contributed by atoms with Crippen molar-refractivity contribution in [1.29, 1.82) is 0 Å². The van der Waals surface area contributed by atoms with Gasteiger partial charge in [-0.3, -0.25) is 14.3 Å². The number of rotatable bonds is 12. The van der Waals surface area contributed by atoms with Gasteiger partial charge in [-0.1, -0.05) is 17.8 Å². The van der Waals surface area contributed by atoms with Crippen molar-refractivity contribution < 1.29 is 9.53 Å². The number of likely N-dealkylation sites (tertiary alicyclic amines) is 1. The summed E-state index contributed by atoms with van der Waals surface area (Å²) in [7, 11) is 0. The molecule has 0 bridgehead atoms.